The van der Waals surface area contributed by atoms with Gasteiger partial charge in [-0.1, -0.05) is 28.8 Å². The first-order valence-corrected chi connectivity index (χ1v) is 6.89. The van der Waals surface area contributed by atoms with Crippen LogP contribution in [0.2, 0.25) is 0 Å². The normalized spacial score (nSPS) is 23.7. The van der Waals surface area contributed by atoms with Crippen LogP contribution in [0.15, 0.2) is 18.2 Å². The fourth-order valence-corrected chi connectivity index (χ4v) is 2.86. The van der Waals surface area contributed by atoms with Crippen molar-refractivity contribution in [2.45, 2.75) is 36.6 Å². The molecule has 0 heterocycles. The zero-order valence-electron chi connectivity index (χ0n) is 9.76. The van der Waals surface area contributed by atoms with Gasteiger partial charge >= 0.3 is 0 Å². The molecule has 1 fully saturated rings. The molecule has 5 heteroatoms. The topological polar surface area (TPSA) is 29.1 Å². The van der Waals surface area contributed by atoms with Crippen LogP contribution in [0.4, 0.5) is 8.78 Å². The number of nitrogens with one attached hydrogen (secondary N) is 1. The number of carbonyl (C=O) groups is 1. The van der Waals surface area contributed by atoms with E-state index >= 15 is 0 Å². The zero-order valence-corrected chi connectivity index (χ0v) is 11.3. The van der Waals surface area contributed by atoms with Crippen LogP contribution in [0.5, 0.6) is 0 Å². The molecule has 0 aliphatic heterocycles. The third kappa shape index (κ3) is 3.07. The summed E-state index contributed by atoms with van der Waals surface area (Å²) in [5, 5.41) is 2.86. The average Bonchev–Trinajstić information content (AvgIpc) is 2.35. The lowest BCUT2D eigenvalue weighted by molar-refractivity contribution is 0.0929. The number of hydrogen-bond acceptors (Lipinski definition) is 1. The minimum absolute atomic E-state index is 0.0550. The van der Waals surface area contributed by atoms with Crippen LogP contribution in [0, 0.1) is 11.6 Å². The Morgan fingerprint density at radius 1 is 1.22 bits per heavy atom. The molecular formula is C13H14BrF2NO. The van der Waals surface area contributed by atoms with Gasteiger partial charge in [-0.15, -0.1) is 0 Å². The standard InChI is InChI=1S/C13H14BrF2NO/c14-9-3-1-2-4-12(9)17-13(18)8-5-6-10(15)11(16)7-8/h5-7,9,12H,1-4H2,(H,17,18). The summed E-state index contributed by atoms with van der Waals surface area (Å²) in [5.41, 5.74) is 0.152. The molecular weight excluding hydrogens is 304 g/mol. The van der Waals surface area contributed by atoms with Crippen molar-refractivity contribution in [3.05, 3.63) is 35.4 Å². The van der Waals surface area contributed by atoms with Crippen LogP contribution in [0.25, 0.3) is 0 Å². The second kappa shape index (κ2) is 5.78. The highest BCUT2D eigenvalue weighted by Gasteiger charge is 2.24. The van der Waals surface area contributed by atoms with E-state index < -0.39 is 11.6 Å². The average molecular weight is 318 g/mol. The summed E-state index contributed by atoms with van der Waals surface area (Å²) in [6, 6.07) is 3.24. The molecule has 2 nitrogen and oxygen atoms in total. The molecule has 2 unspecified atom stereocenters. The number of rotatable bonds is 2. The monoisotopic (exact) mass is 317 g/mol. The first-order valence-electron chi connectivity index (χ1n) is 5.98. The summed E-state index contributed by atoms with van der Waals surface area (Å²) >= 11 is 3.53. The number of alkyl halides is 1. The van der Waals surface area contributed by atoms with E-state index in [4.69, 9.17) is 0 Å². The predicted molar refractivity (Wildman–Crippen MR) is 68.8 cm³/mol. The molecule has 1 aliphatic rings. The fourth-order valence-electron chi connectivity index (χ4n) is 2.14. The van der Waals surface area contributed by atoms with Gasteiger partial charge < -0.3 is 5.32 Å². The van der Waals surface area contributed by atoms with Crippen molar-refractivity contribution in [2.24, 2.45) is 0 Å². The summed E-state index contributed by atoms with van der Waals surface area (Å²) in [4.78, 5) is 12.2. The Morgan fingerprint density at radius 3 is 2.61 bits per heavy atom. The van der Waals surface area contributed by atoms with Gasteiger partial charge in [0.15, 0.2) is 11.6 Å². The number of hydrogen-bond donors (Lipinski definition) is 1. The van der Waals surface area contributed by atoms with Crippen molar-refractivity contribution in [3.8, 4) is 0 Å². The molecule has 2 rings (SSSR count). The molecule has 18 heavy (non-hydrogen) atoms. The quantitative estimate of drug-likeness (QED) is 0.832. The predicted octanol–water partition coefficient (Wildman–Crippen LogP) is 3.40. The Labute approximate surface area is 113 Å². The van der Waals surface area contributed by atoms with Gasteiger partial charge in [-0.3, -0.25) is 4.79 Å². The fraction of sp³-hybridized carbons (Fsp3) is 0.462. The van der Waals surface area contributed by atoms with E-state index in [-0.39, 0.29) is 22.3 Å². The van der Waals surface area contributed by atoms with Gasteiger partial charge in [0.05, 0.1) is 0 Å². The summed E-state index contributed by atoms with van der Waals surface area (Å²) in [6.07, 6.45) is 4.15. The van der Waals surface area contributed by atoms with Crippen molar-refractivity contribution < 1.29 is 13.6 Å². The number of benzene rings is 1. The van der Waals surface area contributed by atoms with E-state index in [1.807, 2.05) is 0 Å². The van der Waals surface area contributed by atoms with Crippen LogP contribution in [0.3, 0.4) is 0 Å². The Morgan fingerprint density at radius 2 is 1.94 bits per heavy atom. The number of carbonyl (C=O) groups excluding carboxylic acids is 1. The van der Waals surface area contributed by atoms with Gasteiger partial charge in [-0.05, 0) is 31.0 Å². The second-order valence-corrected chi connectivity index (χ2v) is 5.69. The minimum atomic E-state index is -0.998. The Bertz CT molecular complexity index is 453. The van der Waals surface area contributed by atoms with Gasteiger partial charge in [0, 0.05) is 16.4 Å². The van der Waals surface area contributed by atoms with Gasteiger partial charge in [-0.25, -0.2) is 8.78 Å². The van der Waals surface area contributed by atoms with Crippen molar-refractivity contribution in [3.63, 3.8) is 0 Å². The van der Waals surface area contributed by atoms with Crippen molar-refractivity contribution in [1.29, 1.82) is 0 Å². The molecule has 1 aromatic rings. The third-order valence-electron chi connectivity index (χ3n) is 3.18. The second-order valence-electron chi connectivity index (χ2n) is 4.51. The third-order valence-corrected chi connectivity index (χ3v) is 4.28. The maximum atomic E-state index is 13.0. The molecule has 1 aromatic carbocycles. The molecule has 0 spiro atoms. The number of amides is 1. The Kier molecular flexibility index (Phi) is 4.32. The van der Waals surface area contributed by atoms with Crippen LogP contribution >= 0.6 is 15.9 Å². The highest BCUT2D eigenvalue weighted by molar-refractivity contribution is 9.09. The molecule has 98 valence electrons. The molecule has 1 amide bonds. The number of halogens is 3. The lowest BCUT2D eigenvalue weighted by atomic mass is 9.95. The van der Waals surface area contributed by atoms with Crippen molar-refractivity contribution >= 4 is 21.8 Å². The summed E-state index contributed by atoms with van der Waals surface area (Å²) < 4.78 is 25.8. The van der Waals surface area contributed by atoms with Gasteiger partial charge in [-0.2, -0.15) is 0 Å². The summed E-state index contributed by atoms with van der Waals surface area (Å²) in [5.74, 6) is -2.30. The molecule has 0 aromatic heterocycles. The SMILES string of the molecule is O=C(NC1CCCCC1Br)c1ccc(F)c(F)c1. The maximum Gasteiger partial charge on any atom is 0.251 e. The van der Waals surface area contributed by atoms with Crippen molar-refractivity contribution in [1.82, 2.24) is 5.32 Å². The van der Waals surface area contributed by atoms with Gasteiger partial charge in [0.2, 0.25) is 0 Å². The largest absolute Gasteiger partial charge is 0.348 e. The van der Waals surface area contributed by atoms with Crippen LogP contribution in [-0.2, 0) is 0 Å². The zero-order chi connectivity index (χ0) is 13.1. The van der Waals surface area contributed by atoms with Gasteiger partial charge in [0.25, 0.3) is 5.91 Å². The summed E-state index contributed by atoms with van der Waals surface area (Å²) in [6.45, 7) is 0. The molecule has 0 saturated heterocycles. The van der Waals surface area contributed by atoms with E-state index in [0.717, 1.165) is 37.8 Å². The minimum Gasteiger partial charge on any atom is -0.348 e. The molecule has 2 atom stereocenters. The van der Waals surface area contributed by atoms with E-state index in [2.05, 4.69) is 21.2 Å². The van der Waals surface area contributed by atoms with Gasteiger partial charge in [0.1, 0.15) is 0 Å². The molecule has 1 aliphatic carbocycles. The maximum absolute atomic E-state index is 13.0. The van der Waals surface area contributed by atoms with Crippen LogP contribution in [-0.4, -0.2) is 16.8 Å². The highest BCUT2D eigenvalue weighted by Crippen LogP contribution is 2.24. The summed E-state index contributed by atoms with van der Waals surface area (Å²) in [7, 11) is 0. The first-order chi connectivity index (χ1) is 8.58. The molecule has 0 radical (unpaired) electrons. The van der Waals surface area contributed by atoms with Crippen LogP contribution in [0.1, 0.15) is 36.0 Å². The smallest absolute Gasteiger partial charge is 0.251 e. The lowest BCUT2D eigenvalue weighted by Gasteiger charge is -2.28. The van der Waals surface area contributed by atoms with E-state index in [9.17, 15) is 13.6 Å². The Balaban J connectivity index is 2.04. The Hall–Kier alpha value is -0.970. The highest BCUT2D eigenvalue weighted by atomic mass is 79.9. The molecule has 0 bridgehead atoms. The molecule has 1 N–H and O–H groups in total. The first kappa shape index (κ1) is 13.5. The molecule has 1 saturated carbocycles. The van der Waals surface area contributed by atoms with Crippen LogP contribution < -0.4 is 5.32 Å². The van der Waals surface area contributed by atoms with E-state index in [1.54, 1.807) is 0 Å². The van der Waals surface area contributed by atoms with Crippen molar-refractivity contribution in [2.75, 3.05) is 0 Å². The lowest BCUT2D eigenvalue weighted by Crippen LogP contribution is -2.42. The van der Waals surface area contributed by atoms with E-state index in [0.29, 0.717) is 0 Å². The van der Waals surface area contributed by atoms with E-state index in [1.165, 1.54) is 6.07 Å².